The third kappa shape index (κ3) is 4.57. The average molecular weight is 489 g/mol. The van der Waals surface area contributed by atoms with Gasteiger partial charge in [0, 0.05) is 30.0 Å². The molecule has 1 amide bonds. The molecular formula is C24H21F2NO8. The van der Waals surface area contributed by atoms with Crippen LogP contribution < -0.4 is 29.9 Å². The van der Waals surface area contributed by atoms with Gasteiger partial charge in [0.15, 0.2) is 11.5 Å². The Bertz CT molecular complexity index is 1350. The van der Waals surface area contributed by atoms with Crippen molar-refractivity contribution in [2.24, 2.45) is 0 Å². The first-order valence-corrected chi connectivity index (χ1v) is 10.4. The fourth-order valence-corrected chi connectivity index (χ4v) is 3.93. The SMILES string of the molecule is COc1cc([C@H](CC(=O)Nc2ccc(F)cc2F)c2c(O)cc(C)oc2=O)c(OC)c2c1OCO2. The van der Waals surface area contributed by atoms with Crippen molar-refractivity contribution in [2.75, 3.05) is 26.3 Å². The second kappa shape index (κ2) is 9.53. The van der Waals surface area contributed by atoms with Gasteiger partial charge >= 0.3 is 5.63 Å². The van der Waals surface area contributed by atoms with Crippen molar-refractivity contribution in [3.05, 3.63) is 69.3 Å². The summed E-state index contributed by atoms with van der Waals surface area (Å²) in [5, 5.41) is 13.0. The molecular weight excluding hydrogens is 468 g/mol. The van der Waals surface area contributed by atoms with Crippen molar-refractivity contribution in [3.8, 4) is 28.7 Å². The third-order valence-electron chi connectivity index (χ3n) is 5.42. The molecule has 2 aromatic carbocycles. The summed E-state index contributed by atoms with van der Waals surface area (Å²) in [6.07, 6.45) is -0.461. The Hall–Kier alpha value is -4.28. The minimum atomic E-state index is -1.14. The number of amides is 1. The van der Waals surface area contributed by atoms with Crippen molar-refractivity contribution in [1.29, 1.82) is 0 Å². The normalized spacial score (nSPS) is 12.8. The molecule has 0 fully saturated rings. The molecule has 0 aliphatic carbocycles. The third-order valence-corrected chi connectivity index (χ3v) is 5.42. The van der Waals surface area contributed by atoms with Crippen LogP contribution in [-0.2, 0) is 4.79 Å². The number of nitrogens with one attached hydrogen (secondary N) is 1. The second-order valence-electron chi connectivity index (χ2n) is 7.64. The van der Waals surface area contributed by atoms with Gasteiger partial charge in [-0.2, -0.15) is 0 Å². The summed E-state index contributed by atoms with van der Waals surface area (Å²) in [7, 11) is 2.75. The van der Waals surface area contributed by atoms with E-state index in [1.54, 1.807) is 0 Å². The molecule has 1 atom stereocenters. The summed E-state index contributed by atoms with van der Waals surface area (Å²) in [6, 6.07) is 5.40. The maximum absolute atomic E-state index is 14.1. The lowest BCUT2D eigenvalue weighted by Gasteiger charge is -2.22. The fourth-order valence-electron chi connectivity index (χ4n) is 3.93. The first-order chi connectivity index (χ1) is 16.7. The molecule has 3 aromatic rings. The number of anilines is 1. The lowest BCUT2D eigenvalue weighted by atomic mass is 9.87. The Kier molecular flexibility index (Phi) is 6.50. The van der Waals surface area contributed by atoms with Crippen LogP contribution in [0.1, 0.15) is 29.2 Å². The average Bonchev–Trinajstić information content (AvgIpc) is 3.28. The van der Waals surface area contributed by atoms with Crippen molar-refractivity contribution in [2.45, 2.75) is 19.3 Å². The number of aryl methyl sites for hydroxylation is 1. The monoisotopic (exact) mass is 489 g/mol. The molecule has 184 valence electrons. The molecule has 1 aliphatic heterocycles. The van der Waals surface area contributed by atoms with Crippen LogP contribution in [0.5, 0.6) is 28.7 Å². The smallest absolute Gasteiger partial charge is 0.343 e. The van der Waals surface area contributed by atoms with Crippen LogP contribution in [0.25, 0.3) is 0 Å². The molecule has 11 heteroatoms. The summed E-state index contributed by atoms with van der Waals surface area (Å²) in [5.41, 5.74) is -1.13. The number of methoxy groups -OCH3 is 2. The first kappa shape index (κ1) is 23.9. The molecule has 0 spiro atoms. The van der Waals surface area contributed by atoms with Gasteiger partial charge in [-0.25, -0.2) is 13.6 Å². The molecule has 0 bridgehead atoms. The van der Waals surface area contributed by atoms with E-state index in [2.05, 4.69) is 5.32 Å². The van der Waals surface area contributed by atoms with E-state index in [-0.39, 0.29) is 52.4 Å². The topological polar surface area (TPSA) is 116 Å². The molecule has 0 saturated heterocycles. The van der Waals surface area contributed by atoms with E-state index >= 15 is 0 Å². The van der Waals surface area contributed by atoms with Gasteiger partial charge in [-0.05, 0) is 25.1 Å². The van der Waals surface area contributed by atoms with E-state index < -0.39 is 41.3 Å². The highest BCUT2D eigenvalue weighted by Gasteiger charge is 2.34. The second-order valence-corrected chi connectivity index (χ2v) is 7.64. The highest BCUT2D eigenvalue weighted by atomic mass is 19.1. The number of carbonyl (C=O) groups is 1. The van der Waals surface area contributed by atoms with Gasteiger partial charge in [-0.1, -0.05) is 0 Å². The predicted molar refractivity (Wildman–Crippen MR) is 118 cm³/mol. The predicted octanol–water partition coefficient (Wildman–Crippen LogP) is 3.84. The van der Waals surface area contributed by atoms with Gasteiger partial charge in [0.25, 0.3) is 0 Å². The highest BCUT2D eigenvalue weighted by molar-refractivity contribution is 5.92. The van der Waals surface area contributed by atoms with Gasteiger partial charge in [-0.15, -0.1) is 0 Å². The Balaban J connectivity index is 1.84. The molecule has 0 radical (unpaired) electrons. The van der Waals surface area contributed by atoms with E-state index in [9.17, 15) is 23.5 Å². The number of fused-ring (bicyclic) bond motifs is 1. The Morgan fingerprint density at radius 3 is 2.54 bits per heavy atom. The standard InChI is InChI=1S/C24H21F2NO8/c1-11-6-17(28)20(24(30)35-11)13(9-19(29)27-16-5-4-12(25)7-15(16)26)14-8-18(31-2)22-23(21(14)32-3)34-10-33-22/h4-8,13,28H,9-10H2,1-3H3,(H,27,29)/t13-/m0/s1. The maximum Gasteiger partial charge on any atom is 0.343 e. The number of hydrogen-bond acceptors (Lipinski definition) is 8. The summed E-state index contributed by atoms with van der Waals surface area (Å²) in [4.78, 5) is 25.8. The van der Waals surface area contributed by atoms with Gasteiger partial charge in [0.1, 0.15) is 23.1 Å². The van der Waals surface area contributed by atoms with Crippen LogP contribution in [0, 0.1) is 18.6 Å². The van der Waals surface area contributed by atoms with E-state index in [0.29, 0.717) is 6.07 Å². The summed E-state index contributed by atoms with van der Waals surface area (Å²) in [6.45, 7) is 1.37. The molecule has 2 heterocycles. The lowest BCUT2D eigenvalue weighted by molar-refractivity contribution is -0.116. The Morgan fingerprint density at radius 1 is 1.14 bits per heavy atom. The molecule has 9 nitrogen and oxygen atoms in total. The lowest BCUT2D eigenvalue weighted by Crippen LogP contribution is -2.22. The fraction of sp³-hybridized carbons (Fsp3) is 0.250. The van der Waals surface area contributed by atoms with E-state index in [1.807, 2.05) is 0 Å². The quantitative estimate of drug-likeness (QED) is 0.514. The van der Waals surface area contributed by atoms with Crippen molar-refractivity contribution < 1.29 is 42.0 Å². The van der Waals surface area contributed by atoms with Crippen LogP contribution in [0.3, 0.4) is 0 Å². The molecule has 35 heavy (non-hydrogen) atoms. The number of benzene rings is 2. The van der Waals surface area contributed by atoms with Gasteiger partial charge in [-0.3, -0.25) is 4.79 Å². The zero-order chi connectivity index (χ0) is 25.3. The summed E-state index contributed by atoms with van der Waals surface area (Å²) in [5.74, 6) is -3.09. The number of halogens is 2. The van der Waals surface area contributed by atoms with E-state index in [1.165, 1.54) is 33.3 Å². The number of rotatable bonds is 7. The van der Waals surface area contributed by atoms with Crippen LogP contribution in [0.15, 0.2) is 39.5 Å². The largest absolute Gasteiger partial charge is 0.507 e. The zero-order valence-corrected chi connectivity index (χ0v) is 18.9. The van der Waals surface area contributed by atoms with Gasteiger partial charge in [0.05, 0.1) is 25.5 Å². The molecule has 0 unspecified atom stereocenters. The Morgan fingerprint density at radius 2 is 1.89 bits per heavy atom. The Labute approximate surface area is 197 Å². The number of ether oxygens (including phenoxy) is 4. The molecule has 1 aliphatic rings. The first-order valence-electron chi connectivity index (χ1n) is 10.4. The number of carbonyl (C=O) groups excluding carboxylic acids is 1. The van der Waals surface area contributed by atoms with Crippen molar-refractivity contribution >= 4 is 11.6 Å². The van der Waals surface area contributed by atoms with E-state index in [4.69, 9.17) is 23.4 Å². The van der Waals surface area contributed by atoms with Crippen LogP contribution in [0.2, 0.25) is 0 Å². The van der Waals surface area contributed by atoms with Crippen LogP contribution in [-0.4, -0.2) is 32.0 Å². The summed E-state index contributed by atoms with van der Waals surface area (Å²) >= 11 is 0. The van der Waals surface area contributed by atoms with Crippen LogP contribution in [0.4, 0.5) is 14.5 Å². The maximum atomic E-state index is 14.1. The minimum Gasteiger partial charge on any atom is -0.507 e. The zero-order valence-electron chi connectivity index (χ0n) is 18.9. The van der Waals surface area contributed by atoms with Crippen molar-refractivity contribution in [1.82, 2.24) is 0 Å². The molecule has 4 rings (SSSR count). The minimum absolute atomic E-state index is 0.113. The summed E-state index contributed by atoms with van der Waals surface area (Å²) < 4.78 is 54.4. The van der Waals surface area contributed by atoms with Crippen molar-refractivity contribution in [3.63, 3.8) is 0 Å². The van der Waals surface area contributed by atoms with Gasteiger partial charge < -0.3 is 33.8 Å². The highest BCUT2D eigenvalue weighted by Crippen LogP contribution is 2.52. The molecule has 0 saturated carbocycles. The number of hydrogen-bond donors (Lipinski definition) is 2. The molecule has 1 aromatic heterocycles. The van der Waals surface area contributed by atoms with Gasteiger partial charge in [0.2, 0.25) is 24.2 Å². The number of aromatic hydroxyl groups is 1. The van der Waals surface area contributed by atoms with E-state index in [0.717, 1.165) is 12.1 Å². The van der Waals surface area contributed by atoms with Crippen LogP contribution >= 0.6 is 0 Å². The molecule has 2 N–H and O–H groups in total.